The SMILES string of the molecule is O=C(Cc1ccc2c(c1)CCCC2)N1CCN(CCCOCC(F)(F)F)CC1. The summed E-state index contributed by atoms with van der Waals surface area (Å²) >= 11 is 0. The Morgan fingerprint density at radius 3 is 2.46 bits per heavy atom. The molecule has 1 fully saturated rings. The highest BCUT2D eigenvalue weighted by Gasteiger charge is 2.27. The molecule has 3 rings (SSSR count). The van der Waals surface area contributed by atoms with E-state index < -0.39 is 12.8 Å². The lowest BCUT2D eigenvalue weighted by Gasteiger charge is -2.34. The van der Waals surface area contributed by atoms with E-state index >= 15 is 0 Å². The third kappa shape index (κ3) is 6.48. The average Bonchev–Trinajstić information content (AvgIpc) is 2.67. The quantitative estimate of drug-likeness (QED) is 0.661. The van der Waals surface area contributed by atoms with E-state index in [1.807, 2.05) is 4.90 Å². The zero-order chi connectivity index (χ0) is 20.0. The Labute approximate surface area is 164 Å². The lowest BCUT2D eigenvalue weighted by molar-refractivity contribution is -0.174. The number of benzene rings is 1. The van der Waals surface area contributed by atoms with Gasteiger partial charge in [0.2, 0.25) is 5.91 Å². The minimum absolute atomic E-state index is 0.108. The standard InChI is InChI=1S/C21H29F3N2O2/c22-21(23,24)16-28-13-3-8-25-9-11-26(12-10-25)20(27)15-17-6-7-18-4-1-2-5-19(18)14-17/h6-7,14H,1-5,8-13,15-16H2. The Morgan fingerprint density at radius 2 is 1.75 bits per heavy atom. The summed E-state index contributed by atoms with van der Waals surface area (Å²) in [6.07, 6.45) is 1.49. The van der Waals surface area contributed by atoms with Crippen LogP contribution in [0.25, 0.3) is 0 Å². The van der Waals surface area contributed by atoms with Gasteiger partial charge in [-0.3, -0.25) is 9.69 Å². The Morgan fingerprint density at radius 1 is 1.04 bits per heavy atom. The van der Waals surface area contributed by atoms with Gasteiger partial charge in [0.05, 0.1) is 6.42 Å². The number of halogens is 3. The van der Waals surface area contributed by atoms with Crippen LogP contribution in [0.1, 0.15) is 36.0 Å². The molecule has 0 aromatic heterocycles. The molecule has 1 aromatic carbocycles. The van der Waals surface area contributed by atoms with Gasteiger partial charge in [0.1, 0.15) is 6.61 Å². The summed E-state index contributed by atoms with van der Waals surface area (Å²) < 4.78 is 40.7. The number of hydrogen-bond acceptors (Lipinski definition) is 3. The molecule has 1 aromatic rings. The van der Waals surface area contributed by atoms with Crippen LogP contribution < -0.4 is 0 Å². The van der Waals surface area contributed by atoms with E-state index in [-0.39, 0.29) is 12.5 Å². The van der Waals surface area contributed by atoms with E-state index in [1.54, 1.807) is 0 Å². The number of ether oxygens (including phenoxy) is 1. The van der Waals surface area contributed by atoms with Gasteiger partial charge in [-0.05, 0) is 48.8 Å². The van der Waals surface area contributed by atoms with Crippen molar-refractivity contribution in [1.29, 1.82) is 0 Å². The number of hydrogen-bond donors (Lipinski definition) is 0. The van der Waals surface area contributed by atoms with Crippen molar-refractivity contribution in [3.8, 4) is 0 Å². The largest absolute Gasteiger partial charge is 0.411 e. The van der Waals surface area contributed by atoms with Crippen molar-refractivity contribution in [1.82, 2.24) is 9.80 Å². The molecule has 0 spiro atoms. The smallest absolute Gasteiger partial charge is 0.372 e. The molecule has 156 valence electrons. The van der Waals surface area contributed by atoms with E-state index in [0.29, 0.717) is 32.5 Å². The van der Waals surface area contributed by atoms with Crippen LogP contribution in [0.5, 0.6) is 0 Å². The summed E-state index contributed by atoms with van der Waals surface area (Å²) in [6.45, 7) is 2.49. The van der Waals surface area contributed by atoms with E-state index in [0.717, 1.165) is 31.5 Å². The van der Waals surface area contributed by atoms with Crippen molar-refractivity contribution in [3.63, 3.8) is 0 Å². The molecule has 0 atom stereocenters. The first kappa shape index (κ1) is 21.1. The number of piperazine rings is 1. The third-order valence-corrected chi connectivity index (χ3v) is 5.52. The monoisotopic (exact) mass is 398 g/mol. The van der Waals surface area contributed by atoms with Crippen LogP contribution in [0.2, 0.25) is 0 Å². The molecule has 1 aliphatic heterocycles. The second-order valence-electron chi connectivity index (χ2n) is 7.73. The molecule has 1 heterocycles. The number of aryl methyl sites for hydroxylation is 2. The summed E-state index contributed by atoms with van der Waals surface area (Å²) in [6, 6.07) is 6.46. The summed E-state index contributed by atoms with van der Waals surface area (Å²) in [5.74, 6) is 0.156. The maximum absolute atomic E-state index is 12.6. The Kier molecular flexibility index (Phi) is 7.35. The van der Waals surface area contributed by atoms with Gasteiger partial charge in [0, 0.05) is 39.3 Å². The lowest BCUT2D eigenvalue weighted by Crippen LogP contribution is -2.49. The van der Waals surface area contributed by atoms with E-state index in [2.05, 4.69) is 27.8 Å². The molecule has 1 saturated heterocycles. The first-order valence-electron chi connectivity index (χ1n) is 10.2. The molecule has 0 N–H and O–H groups in total. The predicted octanol–water partition coefficient (Wildman–Crippen LogP) is 3.22. The average molecular weight is 398 g/mol. The molecule has 28 heavy (non-hydrogen) atoms. The zero-order valence-electron chi connectivity index (χ0n) is 16.3. The number of alkyl halides is 3. The Balaban J connectivity index is 1.36. The van der Waals surface area contributed by atoms with Gasteiger partial charge in [-0.1, -0.05) is 18.2 Å². The van der Waals surface area contributed by atoms with Crippen LogP contribution in [0, 0.1) is 0 Å². The van der Waals surface area contributed by atoms with Crippen LogP contribution in [-0.4, -0.2) is 67.8 Å². The summed E-state index contributed by atoms with van der Waals surface area (Å²) in [5, 5.41) is 0. The van der Waals surface area contributed by atoms with Crippen LogP contribution in [0.4, 0.5) is 13.2 Å². The Hall–Kier alpha value is -1.60. The molecular formula is C21H29F3N2O2. The highest BCUT2D eigenvalue weighted by atomic mass is 19.4. The van der Waals surface area contributed by atoms with Crippen molar-refractivity contribution in [3.05, 3.63) is 34.9 Å². The number of carbonyl (C=O) groups excluding carboxylic acids is 1. The van der Waals surface area contributed by atoms with Gasteiger partial charge in [0.15, 0.2) is 0 Å². The molecule has 2 aliphatic rings. The molecular weight excluding hydrogens is 369 g/mol. The fraction of sp³-hybridized carbons (Fsp3) is 0.667. The molecule has 0 saturated carbocycles. The molecule has 7 heteroatoms. The molecule has 0 radical (unpaired) electrons. The van der Waals surface area contributed by atoms with E-state index in [9.17, 15) is 18.0 Å². The fourth-order valence-corrected chi connectivity index (χ4v) is 3.98. The normalized spacial score (nSPS) is 18.2. The second-order valence-corrected chi connectivity index (χ2v) is 7.73. The van der Waals surface area contributed by atoms with Gasteiger partial charge in [-0.25, -0.2) is 0 Å². The van der Waals surface area contributed by atoms with Crippen molar-refractivity contribution >= 4 is 5.91 Å². The fourth-order valence-electron chi connectivity index (χ4n) is 3.98. The number of fused-ring (bicyclic) bond motifs is 1. The molecule has 0 unspecified atom stereocenters. The van der Waals surface area contributed by atoms with Crippen molar-refractivity contribution in [2.24, 2.45) is 0 Å². The van der Waals surface area contributed by atoms with Gasteiger partial charge in [-0.2, -0.15) is 13.2 Å². The second kappa shape index (κ2) is 9.74. The molecule has 4 nitrogen and oxygen atoms in total. The number of carbonyl (C=O) groups is 1. The van der Waals surface area contributed by atoms with Gasteiger partial charge in [-0.15, -0.1) is 0 Å². The van der Waals surface area contributed by atoms with Gasteiger partial charge < -0.3 is 9.64 Å². The predicted molar refractivity (Wildman–Crippen MR) is 101 cm³/mol. The van der Waals surface area contributed by atoms with Crippen molar-refractivity contribution in [2.75, 3.05) is 45.9 Å². The third-order valence-electron chi connectivity index (χ3n) is 5.52. The first-order valence-corrected chi connectivity index (χ1v) is 10.2. The zero-order valence-corrected chi connectivity index (χ0v) is 16.3. The highest BCUT2D eigenvalue weighted by molar-refractivity contribution is 5.79. The minimum Gasteiger partial charge on any atom is -0.372 e. The van der Waals surface area contributed by atoms with Crippen LogP contribution in [0.3, 0.4) is 0 Å². The topological polar surface area (TPSA) is 32.8 Å². The summed E-state index contributed by atoms with van der Waals surface area (Å²) in [4.78, 5) is 16.7. The number of amides is 1. The van der Waals surface area contributed by atoms with Crippen LogP contribution in [0.15, 0.2) is 18.2 Å². The minimum atomic E-state index is -4.26. The highest BCUT2D eigenvalue weighted by Crippen LogP contribution is 2.22. The summed E-state index contributed by atoms with van der Waals surface area (Å²) in [7, 11) is 0. The first-order chi connectivity index (χ1) is 13.4. The van der Waals surface area contributed by atoms with Crippen molar-refractivity contribution in [2.45, 2.75) is 44.7 Å². The maximum atomic E-state index is 12.6. The lowest BCUT2D eigenvalue weighted by atomic mass is 9.90. The van der Waals surface area contributed by atoms with E-state index in [4.69, 9.17) is 0 Å². The van der Waals surface area contributed by atoms with Gasteiger partial charge >= 0.3 is 6.18 Å². The van der Waals surface area contributed by atoms with Crippen molar-refractivity contribution < 1.29 is 22.7 Å². The molecule has 1 aliphatic carbocycles. The number of nitrogens with zero attached hydrogens (tertiary/aromatic N) is 2. The molecule has 1 amide bonds. The molecule has 0 bridgehead atoms. The van der Waals surface area contributed by atoms with E-state index in [1.165, 1.54) is 24.0 Å². The summed E-state index contributed by atoms with van der Waals surface area (Å²) in [5.41, 5.74) is 3.92. The Bertz CT molecular complexity index is 656. The van der Waals surface area contributed by atoms with Gasteiger partial charge in [0.25, 0.3) is 0 Å². The van der Waals surface area contributed by atoms with Crippen LogP contribution >= 0.6 is 0 Å². The number of rotatable bonds is 7. The van der Waals surface area contributed by atoms with Crippen LogP contribution in [-0.2, 0) is 28.8 Å². The maximum Gasteiger partial charge on any atom is 0.411 e.